The van der Waals surface area contributed by atoms with Crippen molar-refractivity contribution in [3.05, 3.63) is 21.5 Å². The minimum absolute atomic E-state index is 0.186. The lowest BCUT2D eigenvalue weighted by atomic mass is 10.4. The van der Waals surface area contributed by atoms with Crippen LogP contribution in [0.25, 0.3) is 0 Å². The average Bonchev–Trinajstić information content (AvgIpc) is 1.84. The van der Waals surface area contributed by atoms with Gasteiger partial charge in [0.25, 0.3) is 0 Å². The Hall–Kier alpha value is -0.350. The molecule has 0 amide bonds. The third-order valence-electron chi connectivity index (χ3n) is 0.914. The summed E-state index contributed by atoms with van der Waals surface area (Å²) in [4.78, 5) is 3.49. The zero-order valence-corrected chi connectivity index (χ0v) is 7.08. The van der Waals surface area contributed by atoms with E-state index in [4.69, 9.17) is 17.3 Å². The lowest BCUT2D eigenvalue weighted by Crippen LogP contribution is -1.93. The van der Waals surface area contributed by atoms with E-state index in [-0.39, 0.29) is 11.0 Å². The Balaban J connectivity index is 3.28. The summed E-state index contributed by atoms with van der Waals surface area (Å²) in [6.45, 7) is 0. The molecule has 0 aliphatic heterocycles. The molecule has 1 heterocycles. The highest BCUT2D eigenvalue weighted by Gasteiger charge is 2.04. The summed E-state index contributed by atoms with van der Waals surface area (Å²) in [5.74, 6) is -0.394. The van der Waals surface area contributed by atoms with Crippen molar-refractivity contribution in [2.75, 3.05) is 5.73 Å². The zero-order valence-electron chi connectivity index (χ0n) is 4.74. The molecule has 2 nitrogen and oxygen atoms in total. The molecule has 0 saturated heterocycles. The predicted molar refractivity (Wildman–Crippen MR) is 41.3 cm³/mol. The van der Waals surface area contributed by atoms with Gasteiger partial charge in [-0.1, -0.05) is 11.6 Å². The SMILES string of the molecule is Nc1nc(Cl)c(F)cc1Br. The summed E-state index contributed by atoms with van der Waals surface area (Å²) in [5, 5.41) is -0.208. The monoisotopic (exact) mass is 224 g/mol. The second-order valence-corrected chi connectivity index (χ2v) is 2.84. The van der Waals surface area contributed by atoms with E-state index in [1.54, 1.807) is 0 Å². The Kier molecular flexibility index (Phi) is 2.11. The van der Waals surface area contributed by atoms with Crippen LogP contribution in [0.2, 0.25) is 5.15 Å². The number of hydrogen-bond acceptors (Lipinski definition) is 2. The van der Waals surface area contributed by atoms with Crippen molar-refractivity contribution in [3.63, 3.8) is 0 Å². The van der Waals surface area contributed by atoms with Crippen molar-refractivity contribution in [2.45, 2.75) is 0 Å². The number of rotatable bonds is 0. The van der Waals surface area contributed by atoms with E-state index in [0.29, 0.717) is 4.47 Å². The fourth-order valence-electron chi connectivity index (χ4n) is 0.457. The van der Waals surface area contributed by atoms with E-state index in [2.05, 4.69) is 20.9 Å². The van der Waals surface area contributed by atoms with Gasteiger partial charge >= 0.3 is 0 Å². The van der Waals surface area contributed by atoms with Crippen LogP contribution in [0.5, 0.6) is 0 Å². The summed E-state index contributed by atoms with van der Waals surface area (Å²) in [6, 6.07) is 1.17. The van der Waals surface area contributed by atoms with Gasteiger partial charge in [-0.15, -0.1) is 0 Å². The van der Waals surface area contributed by atoms with E-state index in [1.807, 2.05) is 0 Å². The van der Waals surface area contributed by atoms with Gasteiger partial charge in [-0.3, -0.25) is 0 Å². The largest absolute Gasteiger partial charge is 0.383 e. The second kappa shape index (κ2) is 2.72. The smallest absolute Gasteiger partial charge is 0.167 e. The van der Waals surface area contributed by atoms with Gasteiger partial charge in [-0.2, -0.15) is 0 Å². The highest BCUT2D eigenvalue weighted by atomic mass is 79.9. The second-order valence-electron chi connectivity index (χ2n) is 1.63. The van der Waals surface area contributed by atoms with Gasteiger partial charge in [0, 0.05) is 0 Å². The molecule has 1 aromatic heterocycles. The summed E-state index contributed by atoms with van der Waals surface area (Å²) in [5.41, 5.74) is 5.28. The molecule has 5 heteroatoms. The molecular formula is C5H3BrClFN2. The maximum Gasteiger partial charge on any atom is 0.167 e. The van der Waals surface area contributed by atoms with Crippen molar-refractivity contribution < 1.29 is 4.39 Å². The van der Waals surface area contributed by atoms with Crippen LogP contribution in [-0.4, -0.2) is 4.98 Å². The number of aromatic nitrogens is 1. The zero-order chi connectivity index (χ0) is 7.72. The molecule has 2 N–H and O–H groups in total. The minimum Gasteiger partial charge on any atom is -0.383 e. The number of nitrogen functional groups attached to an aromatic ring is 1. The van der Waals surface area contributed by atoms with Crippen LogP contribution < -0.4 is 5.73 Å². The number of nitrogens with zero attached hydrogens (tertiary/aromatic N) is 1. The average molecular weight is 225 g/mol. The van der Waals surface area contributed by atoms with Crippen LogP contribution in [-0.2, 0) is 0 Å². The van der Waals surface area contributed by atoms with E-state index in [9.17, 15) is 4.39 Å². The first kappa shape index (κ1) is 7.75. The molecule has 0 bridgehead atoms. The first-order chi connectivity index (χ1) is 4.61. The lowest BCUT2D eigenvalue weighted by molar-refractivity contribution is 0.621. The predicted octanol–water partition coefficient (Wildman–Crippen LogP) is 2.22. The van der Waals surface area contributed by atoms with Crippen LogP contribution >= 0.6 is 27.5 Å². The Morgan fingerprint density at radius 2 is 2.30 bits per heavy atom. The molecule has 0 atom stereocenters. The summed E-state index contributed by atoms with van der Waals surface area (Å²) in [6.07, 6.45) is 0. The quantitative estimate of drug-likeness (QED) is 0.688. The van der Waals surface area contributed by atoms with Gasteiger partial charge in [-0.05, 0) is 22.0 Å². The number of anilines is 1. The van der Waals surface area contributed by atoms with Gasteiger partial charge in [-0.25, -0.2) is 9.37 Å². The van der Waals surface area contributed by atoms with E-state index in [1.165, 1.54) is 6.07 Å². The molecule has 0 saturated carbocycles. The van der Waals surface area contributed by atoms with Crippen molar-refractivity contribution in [3.8, 4) is 0 Å². The molecule has 0 aromatic carbocycles. The third kappa shape index (κ3) is 1.38. The molecule has 1 rings (SSSR count). The molecule has 1 aromatic rings. The fourth-order valence-corrected chi connectivity index (χ4v) is 0.893. The molecule has 0 fully saturated rings. The Morgan fingerprint density at radius 1 is 1.70 bits per heavy atom. The van der Waals surface area contributed by atoms with Gasteiger partial charge in [0.05, 0.1) is 4.47 Å². The topological polar surface area (TPSA) is 38.9 Å². The number of pyridine rings is 1. The molecule has 10 heavy (non-hydrogen) atoms. The van der Waals surface area contributed by atoms with Crippen LogP contribution in [0.1, 0.15) is 0 Å². The van der Waals surface area contributed by atoms with Crippen molar-refractivity contribution in [1.29, 1.82) is 0 Å². The standard InChI is InChI=1S/C5H3BrClFN2/c6-2-1-3(8)4(7)10-5(2)9/h1H,(H2,9,10). The van der Waals surface area contributed by atoms with Crippen LogP contribution in [0.3, 0.4) is 0 Å². The molecule has 0 aliphatic rings. The lowest BCUT2D eigenvalue weighted by Gasteiger charge is -1.97. The summed E-state index contributed by atoms with van der Waals surface area (Å²) < 4.78 is 12.9. The highest BCUT2D eigenvalue weighted by Crippen LogP contribution is 2.21. The summed E-state index contributed by atoms with van der Waals surface area (Å²) >= 11 is 8.29. The van der Waals surface area contributed by atoms with Crippen molar-refractivity contribution in [2.24, 2.45) is 0 Å². The van der Waals surface area contributed by atoms with Crippen molar-refractivity contribution >= 4 is 33.3 Å². The van der Waals surface area contributed by atoms with E-state index < -0.39 is 5.82 Å². The van der Waals surface area contributed by atoms with Crippen LogP contribution in [0.15, 0.2) is 10.5 Å². The number of nitrogens with two attached hydrogens (primary N) is 1. The first-order valence-electron chi connectivity index (χ1n) is 2.38. The Morgan fingerprint density at radius 3 is 2.80 bits per heavy atom. The first-order valence-corrected chi connectivity index (χ1v) is 3.55. The minimum atomic E-state index is -0.581. The molecule has 0 radical (unpaired) electrons. The molecule has 0 aliphatic carbocycles. The van der Waals surface area contributed by atoms with Gasteiger partial charge < -0.3 is 5.73 Å². The van der Waals surface area contributed by atoms with E-state index >= 15 is 0 Å². The Bertz CT molecular complexity index is 216. The molecule has 54 valence electrons. The fraction of sp³-hybridized carbons (Fsp3) is 0. The molecule has 0 spiro atoms. The van der Waals surface area contributed by atoms with E-state index in [0.717, 1.165) is 0 Å². The van der Waals surface area contributed by atoms with Crippen molar-refractivity contribution in [1.82, 2.24) is 4.98 Å². The normalized spacial score (nSPS) is 9.90. The third-order valence-corrected chi connectivity index (χ3v) is 1.81. The molecule has 0 unspecified atom stereocenters. The number of halogens is 3. The maximum atomic E-state index is 12.5. The summed E-state index contributed by atoms with van der Waals surface area (Å²) in [7, 11) is 0. The van der Waals surface area contributed by atoms with Crippen LogP contribution in [0.4, 0.5) is 10.2 Å². The van der Waals surface area contributed by atoms with Gasteiger partial charge in [0.1, 0.15) is 5.82 Å². The highest BCUT2D eigenvalue weighted by molar-refractivity contribution is 9.10. The molecular weight excluding hydrogens is 222 g/mol. The number of hydrogen-bond donors (Lipinski definition) is 1. The maximum absolute atomic E-state index is 12.5. The van der Waals surface area contributed by atoms with Gasteiger partial charge in [0.15, 0.2) is 11.0 Å². The van der Waals surface area contributed by atoms with Crippen LogP contribution in [0, 0.1) is 5.82 Å². The Labute approximate surface area is 70.3 Å². The van der Waals surface area contributed by atoms with Gasteiger partial charge in [0.2, 0.25) is 0 Å².